The first-order valence-corrected chi connectivity index (χ1v) is 10.0. The third-order valence-electron chi connectivity index (χ3n) is 4.75. The van der Waals surface area contributed by atoms with E-state index in [1.165, 1.54) is 0 Å². The van der Waals surface area contributed by atoms with Gasteiger partial charge in [-0.2, -0.15) is 0 Å². The van der Waals surface area contributed by atoms with Crippen molar-refractivity contribution in [3.05, 3.63) is 29.3 Å². The third-order valence-corrected chi connectivity index (χ3v) is 5.58. The summed E-state index contributed by atoms with van der Waals surface area (Å²) in [6.07, 6.45) is 2.50. The highest BCUT2D eigenvalue weighted by atomic mass is 32.1. The van der Waals surface area contributed by atoms with E-state index in [0.717, 1.165) is 48.4 Å². The molecule has 0 unspecified atom stereocenters. The number of hydrogen-bond acceptors (Lipinski definition) is 7. The summed E-state index contributed by atoms with van der Waals surface area (Å²) in [5.41, 5.74) is 7.18. The van der Waals surface area contributed by atoms with Crippen LogP contribution >= 0.6 is 11.3 Å². The van der Waals surface area contributed by atoms with Gasteiger partial charge in [0.25, 0.3) is 0 Å². The first-order valence-electron chi connectivity index (χ1n) is 9.14. The molecule has 152 valence electrons. The molecule has 0 aliphatic carbocycles. The number of anilines is 1. The molecule has 1 fully saturated rings. The molecule has 3 rings (SSSR count). The van der Waals surface area contributed by atoms with Crippen LogP contribution in [0.15, 0.2) is 28.7 Å². The minimum atomic E-state index is 0.553. The van der Waals surface area contributed by atoms with E-state index in [4.69, 9.17) is 19.9 Å². The maximum Gasteiger partial charge on any atom is 0.191 e. The Morgan fingerprint density at radius 2 is 1.79 bits per heavy atom. The Morgan fingerprint density at radius 3 is 2.32 bits per heavy atom. The average molecular weight is 406 g/mol. The number of aliphatic imine (C=N–C) groups is 1. The van der Waals surface area contributed by atoms with Crippen LogP contribution in [0.5, 0.6) is 17.2 Å². The minimum absolute atomic E-state index is 0.553. The second-order valence-electron chi connectivity index (χ2n) is 6.29. The number of methoxy groups -OCH3 is 3. The lowest BCUT2D eigenvalue weighted by Crippen LogP contribution is -2.51. The molecule has 0 saturated carbocycles. The van der Waals surface area contributed by atoms with Gasteiger partial charge in [-0.3, -0.25) is 4.99 Å². The van der Waals surface area contributed by atoms with Gasteiger partial charge < -0.3 is 29.7 Å². The van der Waals surface area contributed by atoms with Crippen LogP contribution in [0.2, 0.25) is 0 Å². The van der Waals surface area contributed by atoms with Crippen LogP contribution in [-0.4, -0.2) is 69.9 Å². The fourth-order valence-electron chi connectivity index (χ4n) is 3.21. The van der Waals surface area contributed by atoms with Crippen LogP contribution in [0, 0.1) is 0 Å². The van der Waals surface area contributed by atoms with Crippen molar-refractivity contribution in [1.29, 1.82) is 0 Å². The molecule has 2 N–H and O–H groups in total. The van der Waals surface area contributed by atoms with Crippen LogP contribution < -0.4 is 24.8 Å². The number of ether oxygens (including phenoxy) is 3. The van der Waals surface area contributed by atoms with Crippen LogP contribution in [0.25, 0.3) is 0 Å². The maximum absolute atomic E-state index is 6.23. The molecule has 1 aliphatic rings. The van der Waals surface area contributed by atoms with E-state index < -0.39 is 0 Å². The molecule has 1 aromatic heterocycles. The number of piperazine rings is 1. The second-order valence-corrected chi connectivity index (χ2v) is 7.16. The molecule has 1 aromatic carbocycles. The highest BCUT2D eigenvalue weighted by Gasteiger charge is 2.20. The number of hydrogen-bond donors (Lipinski definition) is 1. The fourth-order valence-corrected chi connectivity index (χ4v) is 3.90. The molecular formula is C19H27N5O3S. The van der Waals surface area contributed by atoms with Crippen LogP contribution in [-0.2, 0) is 6.42 Å². The Labute approximate surface area is 169 Å². The lowest BCUT2D eigenvalue weighted by molar-refractivity contribution is 0.368. The summed E-state index contributed by atoms with van der Waals surface area (Å²) < 4.78 is 16.3. The number of aromatic nitrogens is 1. The van der Waals surface area contributed by atoms with Gasteiger partial charge in [0.15, 0.2) is 11.1 Å². The smallest absolute Gasteiger partial charge is 0.191 e. The van der Waals surface area contributed by atoms with E-state index in [2.05, 4.69) is 19.8 Å². The molecule has 9 heteroatoms. The number of thiazole rings is 1. The Bertz CT molecular complexity index is 764. The largest absolute Gasteiger partial charge is 0.496 e. The third kappa shape index (κ3) is 4.59. The molecule has 2 aromatic rings. The maximum atomic E-state index is 6.23. The number of nitrogens with two attached hydrogens (primary N) is 1. The standard InChI is InChI=1S/C19H27N5O3S/c1-25-14-12-16(26-2)15(17(13-14)27-3)4-5-21-18(20)23-7-9-24(10-8-23)19-22-6-11-28-19/h6,11-13H,4-5,7-10H2,1-3H3,(H2,20,21). The van der Waals surface area contributed by atoms with E-state index in [1.807, 2.05) is 23.7 Å². The summed E-state index contributed by atoms with van der Waals surface area (Å²) >= 11 is 1.66. The summed E-state index contributed by atoms with van der Waals surface area (Å²) in [7, 11) is 4.89. The zero-order chi connectivity index (χ0) is 19.9. The van der Waals surface area contributed by atoms with E-state index in [9.17, 15) is 0 Å². The number of nitrogens with zero attached hydrogens (tertiary/aromatic N) is 4. The normalized spacial score (nSPS) is 14.9. The van der Waals surface area contributed by atoms with Crippen molar-refractivity contribution >= 4 is 22.4 Å². The molecule has 0 spiro atoms. The highest BCUT2D eigenvalue weighted by molar-refractivity contribution is 7.13. The summed E-state index contributed by atoms with van der Waals surface area (Å²) in [6.45, 7) is 4.01. The van der Waals surface area contributed by atoms with Crippen molar-refractivity contribution in [3.63, 3.8) is 0 Å². The van der Waals surface area contributed by atoms with Crippen molar-refractivity contribution in [3.8, 4) is 17.2 Å². The van der Waals surface area contributed by atoms with E-state index in [-0.39, 0.29) is 0 Å². The van der Waals surface area contributed by atoms with Crippen molar-refractivity contribution < 1.29 is 14.2 Å². The SMILES string of the molecule is COc1cc(OC)c(CCN=C(N)N2CCN(c3nccs3)CC2)c(OC)c1. The van der Waals surface area contributed by atoms with Crippen LogP contribution in [0.3, 0.4) is 0 Å². The lowest BCUT2D eigenvalue weighted by Gasteiger charge is -2.35. The minimum Gasteiger partial charge on any atom is -0.496 e. The zero-order valence-electron chi connectivity index (χ0n) is 16.6. The summed E-state index contributed by atoms with van der Waals surface area (Å²) in [5.74, 6) is 2.72. The van der Waals surface area contributed by atoms with Crippen molar-refractivity contribution in [2.24, 2.45) is 10.7 Å². The molecule has 28 heavy (non-hydrogen) atoms. The average Bonchev–Trinajstić information content (AvgIpc) is 3.28. The summed E-state index contributed by atoms with van der Waals surface area (Å²) in [6, 6.07) is 3.70. The number of rotatable bonds is 7. The van der Waals surface area contributed by atoms with Crippen molar-refractivity contribution in [1.82, 2.24) is 9.88 Å². The van der Waals surface area contributed by atoms with Gasteiger partial charge in [0.05, 0.1) is 21.3 Å². The zero-order valence-corrected chi connectivity index (χ0v) is 17.4. The quantitative estimate of drug-likeness (QED) is 0.556. The van der Waals surface area contributed by atoms with Gasteiger partial charge in [-0.05, 0) is 6.42 Å². The van der Waals surface area contributed by atoms with Crippen molar-refractivity contribution in [2.75, 3.05) is 59.0 Å². The first-order chi connectivity index (χ1) is 13.7. The predicted molar refractivity (Wildman–Crippen MR) is 112 cm³/mol. The van der Waals surface area contributed by atoms with E-state index >= 15 is 0 Å². The van der Waals surface area contributed by atoms with Gasteiger partial charge >= 0.3 is 0 Å². The topological polar surface area (TPSA) is 85.4 Å². The molecule has 0 radical (unpaired) electrons. The molecule has 0 bridgehead atoms. The van der Waals surface area contributed by atoms with Crippen molar-refractivity contribution in [2.45, 2.75) is 6.42 Å². The van der Waals surface area contributed by atoms with E-state index in [0.29, 0.717) is 24.7 Å². The van der Waals surface area contributed by atoms with Gasteiger partial charge in [0.1, 0.15) is 17.2 Å². The molecule has 1 aliphatic heterocycles. The molecule has 2 heterocycles. The Kier molecular flexibility index (Phi) is 6.80. The Morgan fingerprint density at radius 1 is 1.11 bits per heavy atom. The molecule has 1 saturated heterocycles. The highest BCUT2D eigenvalue weighted by Crippen LogP contribution is 2.34. The van der Waals surface area contributed by atoms with Crippen LogP contribution in [0.4, 0.5) is 5.13 Å². The van der Waals surface area contributed by atoms with Gasteiger partial charge in [-0.25, -0.2) is 4.98 Å². The molecule has 8 nitrogen and oxygen atoms in total. The second kappa shape index (κ2) is 9.50. The number of benzene rings is 1. The number of guanidine groups is 1. The first kappa shape index (κ1) is 20.1. The van der Waals surface area contributed by atoms with Gasteiger partial charge in [-0.1, -0.05) is 0 Å². The van der Waals surface area contributed by atoms with Gasteiger partial charge in [0, 0.05) is 62.0 Å². The van der Waals surface area contributed by atoms with Gasteiger partial charge in [-0.15, -0.1) is 11.3 Å². The lowest BCUT2D eigenvalue weighted by atomic mass is 10.1. The monoisotopic (exact) mass is 405 g/mol. The Balaban J connectivity index is 1.59. The molecular weight excluding hydrogens is 378 g/mol. The predicted octanol–water partition coefficient (Wildman–Crippen LogP) is 1.85. The molecule has 0 amide bonds. The van der Waals surface area contributed by atoms with Gasteiger partial charge in [0.2, 0.25) is 0 Å². The summed E-state index contributed by atoms with van der Waals surface area (Å²) in [5, 5.41) is 3.06. The van der Waals surface area contributed by atoms with Crippen LogP contribution in [0.1, 0.15) is 5.56 Å². The fraction of sp³-hybridized carbons (Fsp3) is 0.474. The summed E-state index contributed by atoms with van der Waals surface area (Å²) in [4.78, 5) is 13.3. The Hall–Kier alpha value is -2.68. The van der Waals surface area contributed by atoms with E-state index in [1.54, 1.807) is 32.7 Å². The molecule has 0 atom stereocenters.